The summed E-state index contributed by atoms with van der Waals surface area (Å²) in [7, 11) is 0. The molecule has 0 saturated carbocycles. The Labute approximate surface area is 114 Å². The maximum absolute atomic E-state index is 12.3. The fraction of sp³-hybridized carbons (Fsp3) is 0.500. The van der Waals surface area contributed by atoms with E-state index in [1.165, 1.54) is 11.1 Å². The average molecular weight is 267 g/mol. The lowest BCUT2D eigenvalue weighted by Gasteiger charge is -2.30. The third kappa shape index (κ3) is 1.82. The smallest absolute Gasteiger partial charge is 0.255 e. The molecule has 2 aliphatic rings. The van der Waals surface area contributed by atoms with Gasteiger partial charge in [0.15, 0.2) is 0 Å². The van der Waals surface area contributed by atoms with Gasteiger partial charge in [-0.25, -0.2) is 0 Å². The molecule has 1 N–H and O–H groups in total. The van der Waals surface area contributed by atoms with Crippen LogP contribution >= 0.6 is 12.4 Å². The zero-order valence-corrected chi connectivity index (χ0v) is 11.6. The number of nitrogens with one attached hydrogen (secondary N) is 1. The molecule has 2 heterocycles. The van der Waals surface area contributed by atoms with E-state index < -0.39 is 0 Å². The van der Waals surface area contributed by atoms with Crippen molar-refractivity contribution in [3.63, 3.8) is 0 Å². The van der Waals surface area contributed by atoms with Gasteiger partial charge in [-0.3, -0.25) is 4.79 Å². The summed E-state index contributed by atoms with van der Waals surface area (Å²) >= 11 is 0. The molecule has 1 aromatic carbocycles. The fourth-order valence-electron chi connectivity index (χ4n) is 3.02. The van der Waals surface area contributed by atoms with Crippen LogP contribution in [0.4, 0.5) is 0 Å². The average Bonchev–Trinajstić information content (AvgIpc) is 2.64. The Kier molecular flexibility index (Phi) is 3.64. The number of amides is 1. The van der Waals surface area contributed by atoms with Gasteiger partial charge in [0.05, 0.1) is 6.04 Å². The van der Waals surface area contributed by atoms with Gasteiger partial charge in [-0.2, -0.15) is 0 Å². The van der Waals surface area contributed by atoms with Crippen LogP contribution in [0.25, 0.3) is 0 Å². The summed E-state index contributed by atoms with van der Waals surface area (Å²) in [6.07, 6.45) is 1.03. The standard InChI is InChI=1S/C14H18N2O.ClH/c1-3-10-6-9(2)13-11(7-10)12-8-15-4-5-16(12)14(13)17;/h6-7,12,15H,3-5,8H2,1-2H3;1H/t12-;/m0./s1. The van der Waals surface area contributed by atoms with Gasteiger partial charge < -0.3 is 10.2 Å². The lowest BCUT2D eigenvalue weighted by Crippen LogP contribution is -2.44. The second-order valence-corrected chi connectivity index (χ2v) is 4.95. The molecule has 0 aliphatic carbocycles. The number of hydrogen-bond donors (Lipinski definition) is 1. The molecule has 98 valence electrons. The summed E-state index contributed by atoms with van der Waals surface area (Å²) in [5.41, 5.74) is 4.66. The monoisotopic (exact) mass is 266 g/mol. The Morgan fingerprint density at radius 1 is 1.44 bits per heavy atom. The maximum Gasteiger partial charge on any atom is 0.255 e. The number of hydrogen-bond acceptors (Lipinski definition) is 2. The van der Waals surface area contributed by atoms with Crippen LogP contribution in [0.3, 0.4) is 0 Å². The van der Waals surface area contributed by atoms with Gasteiger partial charge in [-0.1, -0.05) is 19.1 Å². The number of aryl methyl sites for hydroxylation is 2. The molecule has 1 aromatic rings. The van der Waals surface area contributed by atoms with Crippen LogP contribution in [0.1, 0.15) is 40.0 Å². The lowest BCUT2D eigenvalue weighted by molar-refractivity contribution is 0.0690. The summed E-state index contributed by atoms with van der Waals surface area (Å²) in [6, 6.07) is 4.64. The molecular weight excluding hydrogens is 248 g/mol. The molecule has 0 bridgehead atoms. The third-order valence-electron chi connectivity index (χ3n) is 3.91. The number of fused-ring (bicyclic) bond motifs is 3. The number of benzene rings is 1. The number of carbonyl (C=O) groups excluding carboxylic acids is 1. The van der Waals surface area contributed by atoms with Crippen LogP contribution in [0, 0.1) is 6.92 Å². The highest BCUT2D eigenvalue weighted by Crippen LogP contribution is 2.36. The first-order chi connectivity index (χ1) is 8.22. The molecule has 4 heteroatoms. The van der Waals surface area contributed by atoms with Crippen molar-refractivity contribution in [1.29, 1.82) is 0 Å². The zero-order valence-electron chi connectivity index (χ0n) is 10.8. The molecule has 0 spiro atoms. The minimum Gasteiger partial charge on any atom is -0.329 e. The van der Waals surface area contributed by atoms with E-state index in [-0.39, 0.29) is 24.4 Å². The normalized spacial score (nSPS) is 21.3. The van der Waals surface area contributed by atoms with Gasteiger partial charge in [0, 0.05) is 25.2 Å². The first kappa shape index (κ1) is 13.4. The number of rotatable bonds is 1. The van der Waals surface area contributed by atoms with E-state index in [9.17, 15) is 4.79 Å². The third-order valence-corrected chi connectivity index (χ3v) is 3.91. The first-order valence-corrected chi connectivity index (χ1v) is 6.37. The lowest BCUT2D eigenvalue weighted by atomic mass is 9.96. The van der Waals surface area contributed by atoms with E-state index in [1.807, 2.05) is 4.90 Å². The molecule has 0 aromatic heterocycles. The number of piperazine rings is 1. The van der Waals surface area contributed by atoms with Crippen molar-refractivity contribution in [3.8, 4) is 0 Å². The largest absolute Gasteiger partial charge is 0.329 e. The van der Waals surface area contributed by atoms with Gasteiger partial charge in [0.2, 0.25) is 0 Å². The molecule has 3 nitrogen and oxygen atoms in total. The van der Waals surface area contributed by atoms with Gasteiger partial charge in [0.25, 0.3) is 5.91 Å². The molecular formula is C14H19ClN2O. The Morgan fingerprint density at radius 3 is 2.94 bits per heavy atom. The number of halogens is 1. The number of nitrogens with zero attached hydrogens (tertiary/aromatic N) is 1. The summed E-state index contributed by atoms with van der Waals surface area (Å²) in [5, 5.41) is 3.38. The summed E-state index contributed by atoms with van der Waals surface area (Å²) in [6.45, 7) is 6.86. The predicted octanol–water partition coefficient (Wildman–Crippen LogP) is 2.08. The molecule has 18 heavy (non-hydrogen) atoms. The van der Waals surface area contributed by atoms with Crippen molar-refractivity contribution < 1.29 is 4.79 Å². The molecule has 1 saturated heterocycles. The summed E-state index contributed by atoms with van der Waals surface area (Å²) < 4.78 is 0. The molecule has 1 amide bonds. The Balaban J connectivity index is 0.00000120. The molecule has 2 aliphatic heterocycles. The van der Waals surface area contributed by atoms with Crippen LogP contribution in [0.5, 0.6) is 0 Å². The van der Waals surface area contributed by atoms with E-state index in [0.29, 0.717) is 0 Å². The quantitative estimate of drug-likeness (QED) is 0.844. The Morgan fingerprint density at radius 2 is 2.22 bits per heavy atom. The van der Waals surface area contributed by atoms with Crippen LogP contribution in [-0.4, -0.2) is 30.4 Å². The highest BCUT2D eigenvalue weighted by molar-refractivity contribution is 6.00. The van der Waals surface area contributed by atoms with E-state index in [1.54, 1.807) is 0 Å². The second kappa shape index (κ2) is 4.90. The van der Waals surface area contributed by atoms with Crippen molar-refractivity contribution in [3.05, 3.63) is 34.4 Å². The van der Waals surface area contributed by atoms with Crippen LogP contribution in [0.15, 0.2) is 12.1 Å². The Bertz CT molecular complexity index is 487. The number of carbonyl (C=O) groups is 1. The van der Waals surface area contributed by atoms with Crippen molar-refractivity contribution in [2.75, 3.05) is 19.6 Å². The first-order valence-electron chi connectivity index (χ1n) is 6.37. The zero-order chi connectivity index (χ0) is 12.0. The SMILES string of the molecule is CCc1cc(C)c2c(c1)[C@@H]1CNCCN1C2=O.Cl. The maximum atomic E-state index is 12.3. The minimum absolute atomic E-state index is 0. The molecule has 0 radical (unpaired) electrons. The van der Waals surface area contributed by atoms with Crippen molar-refractivity contribution in [2.45, 2.75) is 26.3 Å². The van der Waals surface area contributed by atoms with Crippen molar-refractivity contribution in [2.24, 2.45) is 0 Å². The van der Waals surface area contributed by atoms with E-state index >= 15 is 0 Å². The van der Waals surface area contributed by atoms with E-state index in [2.05, 4.69) is 31.3 Å². The van der Waals surface area contributed by atoms with Gasteiger partial charge in [0.1, 0.15) is 0 Å². The minimum atomic E-state index is 0. The molecule has 3 rings (SSSR count). The topological polar surface area (TPSA) is 32.3 Å². The molecule has 0 unspecified atom stereocenters. The molecule has 1 atom stereocenters. The van der Waals surface area contributed by atoms with E-state index in [0.717, 1.165) is 37.2 Å². The van der Waals surface area contributed by atoms with Crippen molar-refractivity contribution in [1.82, 2.24) is 10.2 Å². The van der Waals surface area contributed by atoms with E-state index in [4.69, 9.17) is 0 Å². The molecule has 1 fully saturated rings. The van der Waals surface area contributed by atoms with Crippen molar-refractivity contribution >= 4 is 18.3 Å². The highest BCUT2D eigenvalue weighted by Gasteiger charge is 2.38. The second-order valence-electron chi connectivity index (χ2n) is 4.95. The van der Waals surface area contributed by atoms with Gasteiger partial charge >= 0.3 is 0 Å². The fourth-order valence-corrected chi connectivity index (χ4v) is 3.02. The summed E-state index contributed by atoms with van der Waals surface area (Å²) in [5.74, 6) is 0.228. The van der Waals surface area contributed by atoms with Crippen LogP contribution in [-0.2, 0) is 6.42 Å². The highest BCUT2D eigenvalue weighted by atomic mass is 35.5. The predicted molar refractivity (Wildman–Crippen MR) is 74.5 cm³/mol. The van der Waals surface area contributed by atoms with Gasteiger partial charge in [-0.05, 0) is 30.0 Å². The van der Waals surface area contributed by atoms with Crippen LogP contribution in [0.2, 0.25) is 0 Å². The summed E-state index contributed by atoms with van der Waals surface area (Å²) in [4.78, 5) is 14.4. The van der Waals surface area contributed by atoms with Gasteiger partial charge in [-0.15, -0.1) is 12.4 Å². The Hall–Kier alpha value is -1.06. The van der Waals surface area contributed by atoms with Crippen LogP contribution < -0.4 is 5.32 Å².